The molecule has 0 aliphatic heterocycles. The number of benzene rings is 1. The van der Waals surface area contributed by atoms with E-state index >= 15 is 0 Å². The fourth-order valence-corrected chi connectivity index (χ4v) is 2.52. The Morgan fingerprint density at radius 2 is 1.96 bits per heavy atom. The van der Waals surface area contributed by atoms with Gasteiger partial charge in [0.1, 0.15) is 12.3 Å². The second-order valence-electron chi connectivity index (χ2n) is 6.36. The van der Waals surface area contributed by atoms with Gasteiger partial charge >= 0.3 is 0 Å². The predicted molar refractivity (Wildman–Crippen MR) is 106 cm³/mol. The molecule has 2 N–H and O–H groups in total. The summed E-state index contributed by atoms with van der Waals surface area (Å²) in [5.41, 5.74) is 2.00. The third-order valence-electron chi connectivity index (χ3n) is 4.11. The molecule has 27 heavy (non-hydrogen) atoms. The highest BCUT2D eigenvalue weighted by atomic mass is 16.4. The van der Waals surface area contributed by atoms with Crippen LogP contribution in [0, 0.1) is 13.8 Å². The highest BCUT2D eigenvalue weighted by Crippen LogP contribution is 2.09. The van der Waals surface area contributed by atoms with E-state index in [9.17, 15) is 4.79 Å². The number of amides is 1. The summed E-state index contributed by atoms with van der Waals surface area (Å²) in [4.78, 5) is 22.8. The van der Waals surface area contributed by atoms with Crippen LogP contribution in [0.2, 0.25) is 0 Å². The van der Waals surface area contributed by atoms with E-state index < -0.39 is 0 Å². The number of nitrogens with zero attached hydrogens (tertiary/aromatic N) is 3. The van der Waals surface area contributed by atoms with Gasteiger partial charge in [0.15, 0.2) is 5.96 Å². The van der Waals surface area contributed by atoms with Gasteiger partial charge in [-0.1, -0.05) is 30.3 Å². The lowest BCUT2D eigenvalue weighted by Gasteiger charge is -2.18. The molecule has 146 valence electrons. The van der Waals surface area contributed by atoms with Crippen molar-refractivity contribution in [3.63, 3.8) is 0 Å². The van der Waals surface area contributed by atoms with E-state index in [4.69, 9.17) is 4.42 Å². The van der Waals surface area contributed by atoms with Crippen LogP contribution in [0.4, 0.5) is 0 Å². The molecule has 0 saturated heterocycles. The SMILES string of the molecule is CCNC(=NCc1nc(C)c(C)o1)NCCC(=O)N(C)Cc1ccccc1. The molecule has 0 fully saturated rings. The normalized spacial score (nSPS) is 11.3. The maximum Gasteiger partial charge on any atom is 0.224 e. The molecule has 2 rings (SSSR count). The van der Waals surface area contributed by atoms with Crippen molar-refractivity contribution in [1.29, 1.82) is 0 Å². The summed E-state index contributed by atoms with van der Waals surface area (Å²) in [6.07, 6.45) is 0.394. The lowest BCUT2D eigenvalue weighted by atomic mass is 10.2. The Balaban J connectivity index is 1.80. The molecule has 1 aromatic heterocycles. The second-order valence-corrected chi connectivity index (χ2v) is 6.36. The number of hydrogen-bond acceptors (Lipinski definition) is 4. The third kappa shape index (κ3) is 6.77. The molecule has 0 bridgehead atoms. The number of hydrogen-bond donors (Lipinski definition) is 2. The van der Waals surface area contributed by atoms with Gasteiger partial charge in [0.25, 0.3) is 0 Å². The Morgan fingerprint density at radius 3 is 2.59 bits per heavy atom. The van der Waals surface area contributed by atoms with E-state index in [0.717, 1.165) is 23.6 Å². The van der Waals surface area contributed by atoms with Crippen LogP contribution >= 0.6 is 0 Å². The Kier molecular flexibility index (Phi) is 7.85. The number of rotatable bonds is 8. The lowest BCUT2D eigenvalue weighted by Crippen LogP contribution is -2.39. The van der Waals surface area contributed by atoms with Gasteiger partial charge in [-0.25, -0.2) is 9.98 Å². The molecule has 0 aliphatic carbocycles. The highest BCUT2D eigenvalue weighted by Gasteiger charge is 2.10. The van der Waals surface area contributed by atoms with Gasteiger partial charge in [-0.2, -0.15) is 0 Å². The standard InChI is InChI=1S/C20H29N5O2/c1-5-21-20(23-13-18-24-15(2)16(3)27-18)22-12-11-19(26)25(4)14-17-9-7-6-8-10-17/h6-10H,5,11-14H2,1-4H3,(H2,21,22,23). The number of aromatic nitrogens is 1. The van der Waals surface area contributed by atoms with Crippen molar-refractivity contribution in [1.82, 2.24) is 20.5 Å². The first-order valence-corrected chi connectivity index (χ1v) is 9.22. The topological polar surface area (TPSA) is 82.8 Å². The van der Waals surface area contributed by atoms with Gasteiger partial charge in [-0.05, 0) is 26.3 Å². The number of carbonyl (C=O) groups excluding carboxylic acids is 1. The largest absolute Gasteiger partial charge is 0.444 e. The summed E-state index contributed by atoms with van der Waals surface area (Å²) in [6, 6.07) is 9.96. The summed E-state index contributed by atoms with van der Waals surface area (Å²) < 4.78 is 5.54. The molecule has 1 heterocycles. The second kappa shape index (κ2) is 10.4. The Hall–Kier alpha value is -2.83. The first kappa shape index (κ1) is 20.5. The van der Waals surface area contributed by atoms with E-state index in [2.05, 4.69) is 20.6 Å². The van der Waals surface area contributed by atoms with Gasteiger partial charge in [0.2, 0.25) is 11.8 Å². The van der Waals surface area contributed by atoms with E-state index in [1.807, 2.05) is 58.2 Å². The zero-order valence-electron chi connectivity index (χ0n) is 16.6. The van der Waals surface area contributed by atoms with Crippen LogP contribution in [-0.4, -0.2) is 41.9 Å². The molecular formula is C20H29N5O2. The number of oxazole rings is 1. The summed E-state index contributed by atoms with van der Waals surface area (Å²) >= 11 is 0. The van der Waals surface area contributed by atoms with E-state index in [1.54, 1.807) is 4.90 Å². The van der Waals surface area contributed by atoms with Gasteiger partial charge in [-0.15, -0.1) is 0 Å². The molecule has 1 amide bonds. The van der Waals surface area contributed by atoms with Crippen molar-refractivity contribution < 1.29 is 9.21 Å². The monoisotopic (exact) mass is 371 g/mol. The van der Waals surface area contributed by atoms with Crippen LogP contribution in [-0.2, 0) is 17.9 Å². The minimum absolute atomic E-state index is 0.0844. The van der Waals surface area contributed by atoms with Crippen molar-refractivity contribution in [3.05, 3.63) is 53.2 Å². The molecule has 0 radical (unpaired) electrons. The van der Waals surface area contributed by atoms with Crippen molar-refractivity contribution in [2.45, 2.75) is 40.3 Å². The molecule has 0 unspecified atom stereocenters. The summed E-state index contributed by atoms with van der Waals surface area (Å²) in [7, 11) is 1.82. The quantitative estimate of drug-likeness (QED) is 0.550. The minimum atomic E-state index is 0.0844. The summed E-state index contributed by atoms with van der Waals surface area (Å²) in [6.45, 7) is 7.99. The number of guanidine groups is 1. The summed E-state index contributed by atoms with van der Waals surface area (Å²) in [5, 5.41) is 6.35. The molecule has 1 aromatic carbocycles. The summed E-state index contributed by atoms with van der Waals surface area (Å²) in [5.74, 6) is 2.12. The van der Waals surface area contributed by atoms with Crippen LogP contribution in [0.1, 0.15) is 36.3 Å². The lowest BCUT2D eigenvalue weighted by molar-refractivity contribution is -0.130. The first-order valence-electron chi connectivity index (χ1n) is 9.22. The van der Waals surface area contributed by atoms with Crippen LogP contribution in [0.25, 0.3) is 0 Å². The zero-order valence-corrected chi connectivity index (χ0v) is 16.6. The van der Waals surface area contributed by atoms with E-state index in [-0.39, 0.29) is 5.91 Å². The molecular weight excluding hydrogens is 342 g/mol. The maximum absolute atomic E-state index is 12.3. The molecule has 7 nitrogen and oxygen atoms in total. The number of nitrogens with one attached hydrogen (secondary N) is 2. The average Bonchev–Trinajstić information content (AvgIpc) is 2.98. The first-order chi connectivity index (χ1) is 13.0. The van der Waals surface area contributed by atoms with E-state index in [1.165, 1.54) is 0 Å². The van der Waals surface area contributed by atoms with E-state index in [0.29, 0.717) is 37.9 Å². The maximum atomic E-state index is 12.3. The van der Waals surface area contributed by atoms with Gasteiger partial charge < -0.3 is 20.0 Å². The van der Waals surface area contributed by atoms with Crippen molar-refractivity contribution in [3.8, 4) is 0 Å². The van der Waals surface area contributed by atoms with Gasteiger partial charge in [0, 0.05) is 33.1 Å². The molecule has 7 heteroatoms. The Labute approximate surface area is 160 Å². The number of aryl methyl sites for hydroxylation is 2. The Morgan fingerprint density at radius 1 is 1.22 bits per heavy atom. The Bertz CT molecular complexity index is 735. The van der Waals surface area contributed by atoms with Crippen LogP contribution in [0.3, 0.4) is 0 Å². The van der Waals surface area contributed by atoms with Gasteiger partial charge in [-0.3, -0.25) is 4.79 Å². The fraction of sp³-hybridized carbons (Fsp3) is 0.450. The molecule has 0 aliphatic rings. The molecule has 2 aromatic rings. The molecule has 0 spiro atoms. The average molecular weight is 371 g/mol. The predicted octanol–water partition coefficient (Wildman–Crippen LogP) is 2.40. The smallest absolute Gasteiger partial charge is 0.224 e. The third-order valence-corrected chi connectivity index (χ3v) is 4.11. The zero-order chi connectivity index (χ0) is 19.6. The highest BCUT2D eigenvalue weighted by molar-refractivity contribution is 5.81. The van der Waals surface area contributed by atoms with Crippen molar-refractivity contribution in [2.24, 2.45) is 4.99 Å². The van der Waals surface area contributed by atoms with Crippen LogP contribution in [0.15, 0.2) is 39.7 Å². The molecule has 0 atom stereocenters. The number of carbonyl (C=O) groups is 1. The van der Waals surface area contributed by atoms with Crippen molar-refractivity contribution in [2.75, 3.05) is 20.1 Å². The fourth-order valence-electron chi connectivity index (χ4n) is 2.52. The van der Waals surface area contributed by atoms with Crippen LogP contribution < -0.4 is 10.6 Å². The number of aliphatic imine (C=N–C) groups is 1. The minimum Gasteiger partial charge on any atom is -0.444 e. The molecule has 0 saturated carbocycles. The van der Waals surface area contributed by atoms with Gasteiger partial charge in [0.05, 0.1) is 5.69 Å². The van der Waals surface area contributed by atoms with Crippen molar-refractivity contribution >= 4 is 11.9 Å². The van der Waals surface area contributed by atoms with Crippen LogP contribution in [0.5, 0.6) is 0 Å².